The van der Waals surface area contributed by atoms with Crippen LogP contribution in [-0.2, 0) is 0 Å². The summed E-state index contributed by atoms with van der Waals surface area (Å²) in [6.07, 6.45) is -3.27. The van der Waals surface area contributed by atoms with E-state index in [-0.39, 0.29) is 22.8 Å². The van der Waals surface area contributed by atoms with Crippen molar-refractivity contribution in [3.05, 3.63) is 53.2 Å². The molecule has 8 nitrogen and oxygen atoms in total. The Hall–Kier alpha value is -3.89. The van der Waals surface area contributed by atoms with Gasteiger partial charge in [-0.2, -0.15) is 13.2 Å². The highest BCUT2D eigenvalue weighted by Crippen LogP contribution is 2.31. The summed E-state index contributed by atoms with van der Waals surface area (Å²) in [7, 11) is 0. The Morgan fingerprint density at radius 1 is 1.19 bits per heavy atom. The number of amides is 1. The standard InChI is InChI=1S/C21H17F3N4O4/c1-10-6-14(12(3)31-10)16-7-15(18-11(2)28-32-20(18)27-16)19(29)26-13-4-5-17(25-8-13)30-9-21(22,23)24/h4-8H,9H2,1-3H3,(H,26,29). The Morgan fingerprint density at radius 3 is 2.59 bits per heavy atom. The molecule has 4 aromatic heterocycles. The van der Waals surface area contributed by atoms with Crippen LogP contribution in [0.5, 0.6) is 5.88 Å². The van der Waals surface area contributed by atoms with Crippen LogP contribution in [0.1, 0.15) is 27.6 Å². The zero-order valence-corrected chi connectivity index (χ0v) is 17.2. The van der Waals surface area contributed by atoms with Crippen LogP contribution in [-0.4, -0.2) is 33.8 Å². The predicted octanol–water partition coefficient (Wildman–Crippen LogP) is 5.00. The maximum Gasteiger partial charge on any atom is 0.422 e. The number of nitrogens with one attached hydrogen (secondary N) is 1. The maximum atomic E-state index is 13.1. The van der Waals surface area contributed by atoms with Gasteiger partial charge in [0.15, 0.2) is 6.61 Å². The van der Waals surface area contributed by atoms with Crippen LogP contribution < -0.4 is 10.1 Å². The molecule has 0 saturated heterocycles. The second-order valence-electron chi connectivity index (χ2n) is 7.07. The molecule has 0 aromatic carbocycles. The molecule has 4 heterocycles. The summed E-state index contributed by atoms with van der Waals surface area (Å²) in [4.78, 5) is 21.3. The molecule has 32 heavy (non-hydrogen) atoms. The minimum Gasteiger partial charge on any atom is -0.468 e. The largest absolute Gasteiger partial charge is 0.468 e. The van der Waals surface area contributed by atoms with E-state index in [0.29, 0.717) is 33.9 Å². The van der Waals surface area contributed by atoms with E-state index in [1.54, 1.807) is 32.9 Å². The molecule has 4 rings (SSSR count). The van der Waals surface area contributed by atoms with E-state index >= 15 is 0 Å². The average Bonchev–Trinajstić information content (AvgIpc) is 3.27. The smallest absolute Gasteiger partial charge is 0.422 e. The molecular weight excluding hydrogens is 429 g/mol. The van der Waals surface area contributed by atoms with Crippen molar-refractivity contribution in [3.8, 4) is 17.1 Å². The third-order valence-electron chi connectivity index (χ3n) is 4.56. The Kier molecular flexibility index (Phi) is 5.33. The molecule has 4 aromatic rings. The van der Waals surface area contributed by atoms with Crippen molar-refractivity contribution in [2.24, 2.45) is 0 Å². The summed E-state index contributed by atoms with van der Waals surface area (Å²) in [5, 5.41) is 7.01. The van der Waals surface area contributed by atoms with Gasteiger partial charge in [0, 0.05) is 11.6 Å². The number of hydrogen-bond acceptors (Lipinski definition) is 7. The minimum absolute atomic E-state index is 0.192. The number of halogens is 3. The zero-order chi connectivity index (χ0) is 23.0. The lowest BCUT2D eigenvalue weighted by atomic mass is 10.1. The maximum absolute atomic E-state index is 13.1. The van der Waals surface area contributed by atoms with E-state index in [1.807, 2.05) is 0 Å². The summed E-state index contributed by atoms with van der Waals surface area (Å²) in [5.41, 5.74) is 2.39. The molecule has 0 aliphatic rings. The van der Waals surface area contributed by atoms with Crippen molar-refractivity contribution < 1.29 is 31.6 Å². The molecule has 0 atom stereocenters. The van der Waals surface area contributed by atoms with Gasteiger partial charge >= 0.3 is 6.18 Å². The van der Waals surface area contributed by atoms with Gasteiger partial charge in [0.05, 0.1) is 34.2 Å². The first-order chi connectivity index (χ1) is 15.1. The lowest BCUT2D eigenvalue weighted by Gasteiger charge is -2.10. The predicted molar refractivity (Wildman–Crippen MR) is 107 cm³/mol. The van der Waals surface area contributed by atoms with Gasteiger partial charge in [0.1, 0.15) is 11.5 Å². The van der Waals surface area contributed by atoms with Gasteiger partial charge in [0.25, 0.3) is 11.6 Å². The van der Waals surface area contributed by atoms with Gasteiger partial charge in [-0.1, -0.05) is 5.16 Å². The van der Waals surface area contributed by atoms with Gasteiger partial charge in [-0.15, -0.1) is 0 Å². The molecule has 0 saturated carbocycles. The number of fused-ring (bicyclic) bond motifs is 1. The van der Waals surface area contributed by atoms with Crippen molar-refractivity contribution in [2.45, 2.75) is 26.9 Å². The highest BCUT2D eigenvalue weighted by molar-refractivity contribution is 6.13. The number of ether oxygens (including phenoxy) is 1. The molecule has 1 amide bonds. The van der Waals surface area contributed by atoms with E-state index in [4.69, 9.17) is 8.94 Å². The number of rotatable bonds is 5. The number of nitrogens with zero attached hydrogens (tertiary/aromatic N) is 3. The van der Waals surface area contributed by atoms with Gasteiger partial charge < -0.3 is 19.0 Å². The summed E-state index contributed by atoms with van der Waals surface area (Å²) in [5.74, 6) is 0.622. The third kappa shape index (κ3) is 4.41. The number of alkyl halides is 3. The second kappa shape index (κ2) is 7.98. The number of furan rings is 1. The summed E-state index contributed by atoms with van der Waals surface area (Å²) < 4.78 is 52.2. The van der Waals surface area contributed by atoms with Gasteiger partial charge in [-0.05, 0) is 39.0 Å². The number of carbonyl (C=O) groups excluding carboxylic acids is 1. The Labute approximate surface area is 179 Å². The fourth-order valence-electron chi connectivity index (χ4n) is 3.19. The Balaban J connectivity index is 1.63. The van der Waals surface area contributed by atoms with E-state index < -0.39 is 18.7 Å². The molecular formula is C21H17F3N4O4. The van der Waals surface area contributed by atoms with Crippen LogP contribution >= 0.6 is 0 Å². The molecule has 0 aliphatic carbocycles. The first kappa shape index (κ1) is 21.3. The van der Waals surface area contributed by atoms with Gasteiger partial charge in [0.2, 0.25) is 5.88 Å². The van der Waals surface area contributed by atoms with Crippen LogP contribution in [0.4, 0.5) is 18.9 Å². The fraction of sp³-hybridized carbons (Fsp3) is 0.238. The number of pyridine rings is 2. The van der Waals surface area contributed by atoms with E-state index in [1.165, 1.54) is 18.3 Å². The normalized spacial score (nSPS) is 11.7. The topological polar surface area (TPSA) is 103 Å². The SMILES string of the molecule is Cc1cc(-c2cc(C(=O)Nc3ccc(OCC(F)(F)F)nc3)c3c(C)noc3n2)c(C)o1. The van der Waals surface area contributed by atoms with Crippen LogP contribution in [0, 0.1) is 20.8 Å². The minimum atomic E-state index is -4.47. The average molecular weight is 446 g/mol. The third-order valence-corrected chi connectivity index (χ3v) is 4.56. The molecule has 1 N–H and O–H groups in total. The van der Waals surface area contributed by atoms with Crippen LogP contribution in [0.15, 0.2) is 39.4 Å². The Morgan fingerprint density at radius 2 is 1.97 bits per heavy atom. The molecule has 0 fully saturated rings. The van der Waals surface area contributed by atoms with Crippen molar-refractivity contribution in [3.63, 3.8) is 0 Å². The lowest BCUT2D eigenvalue weighted by molar-refractivity contribution is -0.154. The number of hydrogen-bond donors (Lipinski definition) is 1. The quantitative estimate of drug-likeness (QED) is 0.460. The summed E-state index contributed by atoms with van der Waals surface area (Å²) in [6, 6.07) is 6.03. The summed E-state index contributed by atoms with van der Waals surface area (Å²) >= 11 is 0. The number of aromatic nitrogens is 3. The lowest BCUT2D eigenvalue weighted by Crippen LogP contribution is -2.19. The first-order valence-corrected chi connectivity index (χ1v) is 9.42. The number of aryl methyl sites for hydroxylation is 3. The molecule has 11 heteroatoms. The van der Waals surface area contributed by atoms with Crippen molar-refractivity contribution in [1.82, 2.24) is 15.1 Å². The van der Waals surface area contributed by atoms with Gasteiger partial charge in [-0.25, -0.2) is 9.97 Å². The van der Waals surface area contributed by atoms with Crippen molar-refractivity contribution in [2.75, 3.05) is 11.9 Å². The molecule has 166 valence electrons. The van der Waals surface area contributed by atoms with Crippen LogP contribution in [0.2, 0.25) is 0 Å². The number of carbonyl (C=O) groups is 1. The second-order valence-corrected chi connectivity index (χ2v) is 7.07. The van der Waals surface area contributed by atoms with Crippen LogP contribution in [0.3, 0.4) is 0 Å². The van der Waals surface area contributed by atoms with Crippen molar-refractivity contribution in [1.29, 1.82) is 0 Å². The zero-order valence-electron chi connectivity index (χ0n) is 17.2. The highest BCUT2D eigenvalue weighted by atomic mass is 19.4. The Bertz CT molecular complexity index is 1290. The molecule has 0 radical (unpaired) electrons. The highest BCUT2D eigenvalue weighted by Gasteiger charge is 2.28. The van der Waals surface area contributed by atoms with Crippen LogP contribution in [0.25, 0.3) is 22.4 Å². The first-order valence-electron chi connectivity index (χ1n) is 9.42. The molecule has 0 aliphatic heterocycles. The molecule has 0 spiro atoms. The van der Waals surface area contributed by atoms with Gasteiger partial charge in [-0.3, -0.25) is 4.79 Å². The van der Waals surface area contributed by atoms with E-state index in [0.717, 1.165) is 0 Å². The monoisotopic (exact) mass is 446 g/mol. The molecule has 0 unspecified atom stereocenters. The summed E-state index contributed by atoms with van der Waals surface area (Å²) in [6.45, 7) is 3.82. The van der Waals surface area contributed by atoms with E-state index in [9.17, 15) is 18.0 Å². The van der Waals surface area contributed by atoms with Crippen molar-refractivity contribution >= 4 is 22.7 Å². The number of anilines is 1. The molecule has 0 bridgehead atoms. The van der Waals surface area contributed by atoms with E-state index in [2.05, 4.69) is 25.2 Å². The fourth-order valence-corrected chi connectivity index (χ4v) is 3.19.